The van der Waals surface area contributed by atoms with Crippen LogP contribution in [0.25, 0.3) is 34.0 Å². The van der Waals surface area contributed by atoms with E-state index in [-0.39, 0.29) is 5.97 Å². The summed E-state index contributed by atoms with van der Waals surface area (Å²) in [4.78, 5) is 17.1. The second-order valence-electron chi connectivity index (χ2n) is 9.46. The second-order valence-corrected chi connectivity index (χ2v) is 9.46. The molecular weight excluding hydrogens is 480 g/mol. The van der Waals surface area contributed by atoms with Gasteiger partial charge in [-0.2, -0.15) is 5.21 Å². The lowest BCUT2D eigenvalue weighted by Crippen LogP contribution is -2.23. The Bertz CT molecular complexity index is 1570. The van der Waals surface area contributed by atoms with Crippen molar-refractivity contribution in [2.75, 3.05) is 6.61 Å². The minimum Gasteiger partial charge on any atom is -0.465 e. The van der Waals surface area contributed by atoms with Crippen LogP contribution in [0, 0.1) is 6.92 Å². The molecule has 0 atom stereocenters. The third-order valence-electron chi connectivity index (χ3n) is 7.06. The van der Waals surface area contributed by atoms with Crippen molar-refractivity contribution >= 4 is 5.97 Å². The maximum Gasteiger partial charge on any atom is 0.316 e. The standard InChI is InChI=1S/C29H26N6O3/c1-3-37-28(36)29(15-16-29)22-13-11-20(12-14-22)19-7-9-21(10-8-19)26-24(18(2)33-38-26)17-23-5-4-6-25(30-23)27-31-34-35-32-27/h4-14H,3,15-17H2,1-2H3,(H,31,32,34,35). The largest absolute Gasteiger partial charge is 0.465 e. The highest BCUT2D eigenvalue weighted by Crippen LogP contribution is 2.49. The molecule has 9 nitrogen and oxygen atoms in total. The number of pyridine rings is 1. The van der Waals surface area contributed by atoms with E-state index in [0.29, 0.717) is 24.5 Å². The number of H-pyrrole nitrogens is 1. The maximum atomic E-state index is 12.4. The van der Waals surface area contributed by atoms with Crippen molar-refractivity contribution in [2.45, 2.75) is 38.5 Å². The van der Waals surface area contributed by atoms with E-state index in [2.05, 4.69) is 55.0 Å². The number of benzene rings is 2. The Labute approximate surface area is 219 Å². The van der Waals surface area contributed by atoms with Crippen molar-refractivity contribution in [3.05, 3.63) is 89.2 Å². The molecule has 3 aromatic heterocycles. The van der Waals surface area contributed by atoms with Crippen LogP contribution < -0.4 is 0 Å². The number of nitrogens with zero attached hydrogens (tertiary/aromatic N) is 5. The molecule has 1 aliphatic rings. The molecule has 0 aliphatic heterocycles. The van der Waals surface area contributed by atoms with Crippen LogP contribution in [-0.4, -0.2) is 43.3 Å². The van der Waals surface area contributed by atoms with Gasteiger partial charge in [-0.25, -0.2) is 4.98 Å². The molecule has 1 aliphatic carbocycles. The topological polar surface area (TPSA) is 120 Å². The van der Waals surface area contributed by atoms with Crippen molar-refractivity contribution in [3.63, 3.8) is 0 Å². The fourth-order valence-corrected chi connectivity index (χ4v) is 4.78. The summed E-state index contributed by atoms with van der Waals surface area (Å²) in [5, 5.41) is 18.3. The summed E-state index contributed by atoms with van der Waals surface area (Å²) in [6.45, 7) is 4.18. The number of carbonyl (C=O) groups is 1. The molecule has 1 N–H and O–H groups in total. The van der Waals surface area contributed by atoms with Crippen LogP contribution in [0.3, 0.4) is 0 Å². The average Bonchev–Trinajstić information content (AvgIpc) is 3.42. The molecule has 2 aromatic carbocycles. The van der Waals surface area contributed by atoms with Crippen molar-refractivity contribution in [1.29, 1.82) is 0 Å². The van der Waals surface area contributed by atoms with Crippen LogP contribution in [0.15, 0.2) is 71.3 Å². The number of rotatable bonds is 8. The zero-order chi connectivity index (χ0) is 26.1. The molecule has 190 valence electrons. The number of carbonyl (C=O) groups excluding carboxylic acids is 1. The van der Waals surface area contributed by atoms with Gasteiger partial charge in [-0.1, -0.05) is 59.8 Å². The van der Waals surface area contributed by atoms with Gasteiger partial charge in [0.1, 0.15) is 5.69 Å². The maximum absolute atomic E-state index is 12.4. The first-order valence-electron chi connectivity index (χ1n) is 12.6. The highest BCUT2D eigenvalue weighted by atomic mass is 16.5. The third kappa shape index (κ3) is 4.36. The molecule has 38 heavy (non-hydrogen) atoms. The molecule has 5 aromatic rings. The van der Waals surface area contributed by atoms with E-state index in [0.717, 1.165) is 57.8 Å². The molecular formula is C29H26N6O3. The number of nitrogens with one attached hydrogen (secondary N) is 1. The molecule has 3 heterocycles. The highest BCUT2D eigenvalue weighted by Gasteiger charge is 2.52. The lowest BCUT2D eigenvalue weighted by atomic mass is 9.93. The molecule has 6 rings (SSSR count). The van der Waals surface area contributed by atoms with E-state index in [1.165, 1.54) is 0 Å². The van der Waals surface area contributed by atoms with Crippen molar-refractivity contribution < 1.29 is 14.1 Å². The van der Waals surface area contributed by atoms with Crippen molar-refractivity contribution in [1.82, 2.24) is 30.8 Å². The smallest absolute Gasteiger partial charge is 0.316 e. The number of hydrogen-bond donors (Lipinski definition) is 1. The van der Waals surface area contributed by atoms with Crippen LogP contribution in [0.5, 0.6) is 0 Å². The normalized spacial score (nSPS) is 13.8. The molecule has 0 unspecified atom stereocenters. The predicted molar refractivity (Wildman–Crippen MR) is 140 cm³/mol. The summed E-state index contributed by atoms with van der Waals surface area (Å²) in [7, 11) is 0. The Balaban J connectivity index is 1.22. The van der Waals surface area contributed by atoms with Gasteiger partial charge >= 0.3 is 5.97 Å². The average molecular weight is 507 g/mol. The zero-order valence-electron chi connectivity index (χ0n) is 21.1. The Morgan fingerprint density at radius 3 is 2.37 bits per heavy atom. The molecule has 0 saturated heterocycles. The SMILES string of the molecule is CCOC(=O)C1(c2ccc(-c3ccc(-c4onc(C)c4Cc4cccc(-c5nn[nH]n5)n4)cc3)cc2)CC1. The Hall–Kier alpha value is -4.66. The van der Waals surface area contributed by atoms with Gasteiger partial charge in [-0.3, -0.25) is 4.79 Å². The summed E-state index contributed by atoms with van der Waals surface area (Å²) in [6, 6.07) is 22.2. The van der Waals surface area contributed by atoms with Crippen LogP contribution in [-0.2, 0) is 21.4 Å². The number of ether oxygens (including phenoxy) is 1. The van der Waals surface area contributed by atoms with E-state index in [1.54, 1.807) is 0 Å². The quantitative estimate of drug-likeness (QED) is 0.289. The van der Waals surface area contributed by atoms with Gasteiger partial charge in [0.05, 0.1) is 17.7 Å². The first kappa shape index (κ1) is 23.7. The lowest BCUT2D eigenvalue weighted by Gasteiger charge is -2.14. The van der Waals surface area contributed by atoms with Gasteiger partial charge in [0.25, 0.3) is 0 Å². The monoisotopic (exact) mass is 506 g/mol. The molecule has 0 amide bonds. The van der Waals surface area contributed by atoms with E-state index < -0.39 is 5.41 Å². The van der Waals surface area contributed by atoms with Gasteiger partial charge in [-0.15, -0.1) is 10.2 Å². The molecule has 1 saturated carbocycles. The molecule has 0 radical (unpaired) electrons. The number of aromatic nitrogens is 6. The number of tetrazole rings is 1. The molecule has 9 heteroatoms. The Morgan fingerprint density at radius 1 is 1.00 bits per heavy atom. The Morgan fingerprint density at radius 2 is 1.71 bits per heavy atom. The summed E-state index contributed by atoms with van der Waals surface area (Å²) >= 11 is 0. The van der Waals surface area contributed by atoms with E-state index in [9.17, 15) is 4.79 Å². The number of hydrogen-bond acceptors (Lipinski definition) is 8. The fourth-order valence-electron chi connectivity index (χ4n) is 4.78. The molecule has 1 fully saturated rings. The van der Waals surface area contributed by atoms with E-state index in [1.807, 2.05) is 56.3 Å². The third-order valence-corrected chi connectivity index (χ3v) is 7.06. The molecule has 0 bridgehead atoms. The number of aryl methyl sites for hydroxylation is 1. The summed E-state index contributed by atoms with van der Waals surface area (Å²) < 4.78 is 11.0. The number of esters is 1. The van der Waals surface area contributed by atoms with Gasteiger partial charge in [0.2, 0.25) is 5.82 Å². The van der Waals surface area contributed by atoms with Gasteiger partial charge < -0.3 is 9.26 Å². The van der Waals surface area contributed by atoms with Gasteiger partial charge in [-0.05, 0) is 60.7 Å². The second kappa shape index (κ2) is 9.66. The highest BCUT2D eigenvalue weighted by molar-refractivity contribution is 5.87. The van der Waals surface area contributed by atoms with Crippen LogP contribution >= 0.6 is 0 Å². The first-order chi connectivity index (χ1) is 18.6. The van der Waals surface area contributed by atoms with Crippen LogP contribution in [0.2, 0.25) is 0 Å². The summed E-state index contributed by atoms with van der Waals surface area (Å²) in [6.07, 6.45) is 2.24. The van der Waals surface area contributed by atoms with Gasteiger partial charge in [0.15, 0.2) is 5.76 Å². The Kier molecular flexibility index (Phi) is 6.03. The van der Waals surface area contributed by atoms with Gasteiger partial charge in [0, 0.05) is 23.2 Å². The first-order valence-corrected chi connectivity index (χ1v) is 12.6. The minimum atomic E-state index is -0.459. The van der Waals surface area contributed by atoms with Crippen molar-refractivity contribution in [3.8, 4) is 34.0 Å². The van der Waals surface area contributed by atoms with E-state index in [4.69, 9.17) is 9.26 Å². The lowest BCUT2D eigenvalue weighted by molar-refractivity contribution is -0.146. The minimum absolute atomic E-state index is 0.119. The predicted octanol–water partition coefficient (Wildman–Crippen LogP) is 5.08. The summed E-state index contributed by atoms with van der Waals surface area (Å²) in [5.74, 6) is 1.05. The van der Waals surface area contributed by atoms with E-state index >= 15 is 0 Å². The van der Waals surface area contributed by atoms with Crippen LogP contribution in [0.1, 0.15) is 42.3 Å². The zero-order valence-corrected chi connectivity index (χ0v) is 21.1. The number of aromatic amines is 1. The molecule has 0 spiro atoms. The van der Waals surface area contributed by atoms with Crippen molar-refractivity contribution in [2.24, 2.45) is 0 Å². The fraction of sp³-hybridized carbons (Fsp3) is 0.241. The van der Waals surface area contributed by atoms with Crippen LogP contribution in [0.4, 0.5) is 0 Å². The summed E-state index contributed by atoms with van der Waals surface area (Å²) in [5.41, 5.74) is 6.97.